The van der Waals surface area contributed by atoms with Crippen molar-refractivity contribution in [3.8, 4) is 0 Å². The topological polar surface area (TPSA) is 63.5 Å². The van der Waals surface area contributed by atoms with Gasteiger partial charge in [-0.2, -0.15) is 0 Å². The Hall–Kier alpha value is -2.69. The average molecular weight is 324 g/mol. The predicted molar refractivity (Wildman–Crippen MR) is 92.1 cm³/mol. The fraction of sp³-hybridized carbons (Fsp3) is 0.316. The zero-order chi connectivity index (χ0) is 17.3. The predicted octanol–water partition coefficient (Wildman–Crippen LogP) is 3.92. The van der Waals surface area contributed by atoms with E-state index < -0.39 is 4.92 Å². The number of fused-ring (bicyclic) bond motifs is 1. The molecule has 3 rings (SSSR count). The largest absolute Gasteiger partial charge is 0.335 e. The first-order valence-electron chi connectivity index (χ1n) is 8.10. The Morgan fingerprint density at radius 3 is 2.67 bits per heavy atom. The molecule has 5 heteroatoms. The first-order chi connectivity index (χ1) is 11.5. The molecule has 0 N–H and O–H groups in total. The van der Waals surface area contributed by atoms with Crippen molar-refractivity contribution in [1.29, 1.82) is 0 Å². The monoisotopic (exact) mass is 324 g/mol. The van der Waals surface area contributed by atoms with Gasteiger partial charge in [0.1, 0.15) is 0 Å². The highest BCUT2D eigenvalue weighted by atomic mass is 16.6. The lowest BCUT2D eigenvalue weighted by Gasteiger charge is -2.25. The van der Waals surface area contributed by atoms with Crippen molar-refractivity contribution in [2.45, 2.75) is 32.2 Å². The molecule has 0 aliphatic heterocycles. The summed E-state index contributed by atoms with van der Waals surface area (Å²) in [6.07, 6.45) is 3.26. The van der Waals surface area contributed by atoms with E-state index in [9.17, 15) is 14.9 Å². The lowest BCUT2D eigenvalue weighted by molar-refractivity contribution is -0.384. The smallest absolute Gasteiger partial charge is 0.269 e. The number of rotatable bonds is 4. The highest BCUT2D eigenvalue weighted by Crippen LogP contribution is 2.27. The van der Waals surface area contributed by atoms with Gasteiger partial charge >= 0.3 is 0 Å². The van der Waals surface area contributed by atoms with Gasteiger partial charge in [0.05, 0.1) is 11.0 Å². The van der Waals surface area contributed by atoms with Crippen LogP contribution in [0.3, 0.4) is 0 Å². The highest BCUT2D eigenvalue weighted by Gasteiger charge is 2.22. The van der Waals surface area contributed by atoms with Crippen LogP contribution in [0.1, 0.15) is 46.4 Å². The lowest BCUT2D eigenvalue weighted by atomic mass is 10.0. The van der Waals surface area contributed by atoms with E-state index in [2.05, 4.69) is 0 Å². The fourth-order valence-electron chi connectivity index (χ4n) is 3.21. The van der Waals surface area contributed by atoms with Gasteiger partial charge in [-0.25, -0.2) is 0 Å². The number of nitro groups is 1. The number of non-ortho nitro benzene ring substituents is 1. The molecule has 0 saturated heterocycles. The second-order valence-electron chi connectivity index (χ2n) is 6.28. The minimum absolute atomic E-state index is 0.0396. The van der Waals surface area contributed by atoms with E-state index in [1.165, 1.54) is 23.3 Å². The molecule has 2 aromatic rings. The van der Waals surface area contributed by atoms with Crippen LogP contribution in [0.2, 0.25) is 0 Å². The van der Waals surface area contributed by atoms with E-state index in [1.807, 2.05) is 31.2 Å². The van der Waals surface area contributed by atoms with Gasteiger partial charge in [-0.05, 0) is 55.0 Å². The van der Waals surface area contributed by atoms with E-state index in [0.29, 0.717) is 5.56 Å². The van der Waals surface area contributed by atoms with E-state index in [1.54, 1.807) is 18.0 Å². The van der Waals surface area contributed by atoms with Gasteiger partial charge in [0.15, 0.2) is 0 Å². The minimum Gasteiger partial charge on any atom is -0.335 e. The number of hydrogen-bond acceptors (Lipinski definition) is 3. The summed E-state index contributed by atoms with van der Waals surface area (Å²) in [4.78, 5) is 24.9. The molecular formula is C19H20N2O3. The minimum atomic E-state index is -0.418. The van der Waals surface area contributed by atoms with Gasteiger partial charge in [-0.3, -0.25) is 14.9 Å². The molecule has 0 heterocycles. The summed E-state index contributed by atoms with van der Waals surface area (Å²) in [5, 5.41) is 10.9. The van der Waals surface area contributed by atoms with Crippen LogP contribution in [0.25, 0.3) is 0 Å². The molecule has 0 unspecified atom stereocenters. The molecule has 0 saturated carbocycles. The summed E-state index contributed by atoms with van der Waals surface area (Å²) in [6.45, 7) is 1.88. The summed E-state index contributed by atoms with van der Waals surface area (Å²) < 4.78 is 0. The zero-order valence-corrected chi connectivity index (χ0v) is 13.9. The van der Waals surface area contributed by atoms with Crippen LogP contribution in [0.4, 0.5) is 5.69 Å². The standard InChI is InChI=1S/C19H20N2O3/c1-13(15-6-4-8-18(12-15)21(23)24)20(2)19(22)17-10-9-14-5-3-7-16(14)11-17/h4,6,8-13H,3,5,7H2,1-2H3/t13-/m1/s1. The summed E-state index contributed by atoms with van der Waals surface area (Å²) in [5.74, 6) is -0.0660. The molecule has 124 valence electrons. The number of carbonyl (C=O) groups excluding carboxylic acids is 1. The molecule has 0 radical (unpaired) electrons. The molecular weight excluding hydrogens is 304 g/mol. The molecule has 5 nitrogen and oxygen atoms in total. The number of aryl methyl sites for hydroxylation is 2. The SMILES string of the molecule is C[C@H](c1cccc([N+](=O)[O-])c1)N(C)C(=O)c1ccc2c(c1)CCC2. The third-order valence-electron chi connectivity index (χ3n) is 4.81. The number of amides is 1. The average Bonchev–Trinajstić information content (AvgIpc) is 3.07. The molecule has 0 aromatic heterocycles. The lowest BCUT2D eigenvalue weighted by Crippen LogP contribution is -2.29. The van der Waals surface area contributed by atoms with Gasteiger partial charge < -0.3 is 4.90 Å². The Morgan fingerprint density at radius 1 is 1.17 bits per heavy atom. The van der Waals surface area contributed by atoms with Crippen molar-refractivity contribution < 1.29 is 9.72 Å². The Kier molecular flexibility index (Phi) is 4.34. The van der Waals surface area contributed by atoms with Crippen molar-refractivity contribution in [2.75, 3.05) is 7.05 Å². The molecule has 0 spiro atoms. The maximum Gasteiger partial charge on any atom is 0.269 e. The number of carbonyl (C=O) groups is 1. The molecule has 1 amide bonds. The Morgan fingerprint density at radius 2 is 1.92 bits per heavy atom. The first-order valence-corrected chi connectivity index (χ1v) is 8.10. The molecule has 0 fully saturated rings. The van der Waals surface area contributed by atoms with Crippen molar-refractivity contribution >= 4 is 11.6 Å². The Bertz CT molecular complexity index is 801. The van der Waals surface area contributed by atoms with Crippen LogP contribution in [0.15, 0.2) is 42.5 Å². The van der Waals surface area contributed by atoms with Gasteiger partial charge in [-0.15, -0.1) is 0 Å². The highest BCUT2D eigenvalue weighted by molar-refractivity contribution is 5.94. The molecule has 24 heavy (non-hydrogen) atoms. The summed E-state index contributed by atoms with van der Waals surface area (Å²) in [7, 11) is 1.74. The van der Waals surface area contributed by atoms with Crippen LogP contribution in [-0.2, 0) is 12.8 Å². The van der Waals surface area contributed by atoms with Gasteiger partial charge in [-0.1, -0.05) is 18.2 Å². The quantitative estimate of drug-likeness (QED) is 0.632. The van der Waals surface area contributed by atoms with E-state index >= 15 is 0 Å². The normalized spacial score (nSPS) is 14.1. The van der Waals surface area contributed by atoms with Crippen LogP contribution in [0, 0.1) is 10.1 Å². The van der Waals surface area contributed by atoms with Crippen molar-refractivity contribution in [3.63, 3.8) is 0 Å². The third kappa shape index (κ3) is 3.02. The maximum absolute atomic E-state index is 12.8. The Balaban J connectivity index is 1.82. The Labute approximate surface area is 141 Å². The summed E-state index contributed by atoms with van der Waals surface area (Å²) in [5.41, 5.74) is 4.06. The third-order valence-corrected chi connectivity index (χ3v) is 4.81. The van der Waals surface area contributed by atoms with Crippen LogP contribution < -0.4 is 0 Å². The van der Waals surface area contributed by atoms with Crippen molar-refractivity contribution in [3.05, 3.63) is 74.8 Å². The summed E-state index contributed by atoms with van der Waals surface area (Å²) in [6, 6.07) is 12.1. The van der Waals surface area contributed by atoms with E-state index in [4.69, 9.17) is 0 Å². The number of nitrogens with zero attached hydrogens (tertiary/aromatic N) is 2. The maximum atomic E-state index is 12.8. The molecule has 0 bridgehead atoms. The fourth-order valence-corrected chi connectivity index (χ4v) is 3.21. The second-order valence-corrected chi connectivity index (χ2v) is 6.28. The first kappa shape index (κ1) is 16.2. The summed E-state index contributed by atoms with van der Waals surface area (Å²) >= 11 is 0. The van der Waals surface area contributed by atoms with Crippen LogP contribution in [-0.4, -0.2) is 22.8 Å². The van der Waals surface area contributed by atoms with Crippen LogP contribution in [0.5, 0.6) is 0 Å². The number of hydrogen-bond donors (Lipinski definition) is 0. The zero-order valence-electron chi connectivity index (χ0n) is 13.9. The van der Waals surface area contributed by atoms with Crippen molar-refractivity contribution in [1.82, 2.24) is 4.90 Å². The van der Waals surface area contributed by atoms with Crippen LogP contribution >= 0.6 is 0 Å². The number of nitro benzene ring substituents is 1. The molecule has 1 atom stereocenters. The van der Waals surface area contributed by atoms with Crippen molar-refractivity contribution in [2.24, 2.45) is 0 Å². The van der Waals surface area contributed by atoms with Gasteiger partial charge in [0.2, 0.25) is 0 Å². The molecule has 1 aliphatic rings. The second kappa shape index (κ2) is 6.43. The molecule has 1 aliphatic carbocycles. The number of benzene rings is 2. The van der Waals surface area contributed by atoms with E-state index in [-0.39, 0.29) is 17.6 Å². The van der Waals surface area contributed by atoms with Gasteiger partial charge in [0, 0.05) is 24.7 Å². The van der Waals surface area contributed by atoms with E-state index in [0.717, 1.165) is 24.8 Å². The van der Waals surface area contributed by atoms with Gasteiger partial charge in [0.25, 0.3) is 11.6 Å². The molecule has 2 aromatic carbocycles.